The van der Waals surface area contributed by atoms with Crippen LogP contribution < -0.4 is 9.57 Å². The van der Waals surface area contributed by atoms with Crippen molar-refractivity contribution in [3.8, 4) is 11.5 Å². The number of hydrogen-bond donors (Lipinski definition) is 1. The number of benzene rings is 1. The molecule has 1 N–H and O–H groups in total. The van der Waals surface area contributed by atoms with Gasteiger partial charge in [-0.25, -0.2) is 4.79 Å². The zero-order chi connectivity index (χ0) is 12.8. The van der Waals surface area contributed by atoms with Gasteiger partial charge in [-0.05, 0) is 18.6 Å². The lowest BCUT2D eigenvalue weighted by molar-refractivity contribution is -0.0264. The van der Waals surface area contributed by atoms with Crippen molar-refractivity contribution in [2.24, 2.45) is 0 Å². The average Bonchev–Trinajstić information content (AvgIpc) is 2.30. The molecule has 0 fully saturated rings. The summed E-state index contributed by atoms with van der Waals surface area (Å²) < 4.78 is 5.12. The first-order chi connectivity index (χ1) is 8.08. The van der Waals surface area contributed by atoms with Gasteiger partial charge >= 0.3 is 6.09 Å². The lowest BCUT2D eigenvalue weighted by atomic mass is 10.2. The van der Waals surface area contributed by atoms with Crippen LogP contribution in [0.2, 0.25) is 0 Å². The molecule has 0 unspecified atom stereocenters. The highest BCUT2D eigenvalue weighted by Crippen LogP contribution is 2.24. The van der Waals surface area contributed by atoms with Crippen molar-refractivity contribution in [3.63, 3.8) is 0 Å². The first-order valence-corrected chi connectivity index (χ1v) is 5.02. The van der Waals surface area contributed by atoms with E-state index in [9.17, 15) is 4.79 Å². The molecule has 0 spiro atoms. The summed E-state index contributed by atoms with van der Waals surface area (Å²) in [5, 5.41) is 9.66. The maximum absolute atomic E-state index is 10.8. The number of ether oxygens (including phenoxy) is 1. The number of amides is 1. The molecule has 0 aromatic heterocycles. The number of rotatable bonds is 5. The van der Waals surface area contributed by atoms with Crippen LogP contribution in [0.5, 0.6) is 11.5 Å². The van der Waals surface area contributed by atoms with E-state index in [2.05, 4.69) is 6.58 Å². The second-order valence-corrected chi connectivity index (χ2v) is 3.36. The van der Waals surface area contributed by atoms with Crippen LogP contribution in [0.15, 0.2) is 30.9 Å². The van der Waals surface area contributed by atoms with Gasteiger partial charge in [0.2, 0.25) is 0 Å². The van der Waals surface area contributed by atoms with Crippen molar-refractivity contribution >= 4 is 6.09 Å². The van der Waals surface area contributed by atoms with E-state index < -0.39 is 6.09 Å². The number of carboxylic acid groups (broad SMARTS) is 1. The minimum Gasteiger partial charge on any atom is -0.496 e. The van der Waals surface area contributed by atoms with Gasteiger partial charge in [0.25, 0.3) is 0 Å². The van der Waals surface area contributed by atoms with E-state index in [4.69, 9.17) is 14.7 Å². The molecule has 0 aliphatic heterocycles. The summed E-state index contributed by atoms with van der Waals surface area (Å²) >= 11 is 0. The highest BCUT2D eigenvalue weighted by Gasteiger charge is 2.12. The highest BCUT2D eigenvalue weighted by atomic mass is 16.7. The van der Waals surface area contributed by atoms with Gasteiger partial charge in [0.1, 0.15) is 5.75 Å². The first kappa shape index (κ1) is 12.9. The van der Waals surface area contributed by atoms with Crippen molar-refractivity contribution in [1.29, 1.82) is 0 Å². The van der Waals surface area contributed by atoms with Gasteiger partial charge in [-0.3, -0.25) is 0 Å². The fraction of sp³-hybridized carbons (Fsp3) is 0.250. The number of hydroxylamine groups is 2. The second-order valence-electron chi connectivity index (χ2n) is 3.36. The average molecular weight is 237 g/mol. The van der Waals surface area contributed by atoms with Gasteiger partial charge in [0.15, 0.2) is 5.75 Å². The van der Waals surface area contributed by atoms with E-state index in [0.29, 0.717) is 11.5 Å². The van der Waals surface area contributed by atoms with E-state index >= 15 is 0 Å². The molecular formula is C12H15NO4. The van der Waals surface area contributed by atoms with Crippen LogP contribution >= 0.6 is 0 Å². The predicted molar refractivity (Wildman–Crippen MR) is 63.3 cm³/mol. The van der Waals surface area contributed by atoms with Gasteiger partial charge in [0, 0.05) is 6.07 Å². The molecule has 0 aliphatic carbocycles. The number of hydrogen-bond acceptors (Lipinski definition) is 3. The quantitative estimate of drug-likeness (QED) is 0.631. The van der Waals surface area contributed by atoms with Gasteiger partial charge < -0.3 is 14.7 Å². The van der Waals surface area contributed by atoms with Gasteiger partial charge in [-0.15, -0.1) is 11.6 Å². The molecule has 1 rings (SSSR count). The molecule has 1 aromatic rings. The standard InChI is InChI=1S/C12H15NO4/c1-4-7-13(12(14)15)17-10-6-5-9(2)11(8-10)16-3/h4-6,8H,1,7H2,2-3H3,(H,14,15). The molecule has 0 saturated heterocycles. The van der Waals surface area contributed by atoms with Gasteiger partial charge in [-0.2, -0.15) is 0 Å². The molecule has 5 heteroatoms. The maximum atomic E-state index is 10.8. The lowest BCUT2D eigenvalue weighted by Crippen LogP contribution is -2.32. The smallest absolute Gasteiger partial charge is 0.441 e. The van der Waals surface area contributed by atoms with Crippen LogP contribution in [0, 0.1) is 6.92 Å². The van der Waals surface area contributed by atoms with Crippen molar-refractivity contribution in [3.05, 3.63) is 36.4 Å². The molecule has 17 heavy (non-hydrogen) atoms. The molecule has 0 saturated carbocycles. The minimum absolute atomic E-state index is 0.0888. The minimum atomic E-state index is -1.18. The molecule has 0 atom stereocenters. The Bertz CT molecular complexity index is 417. The molecule has 0 radical (unpaired) electrons. The summed E-state index contributed by atoms with van der Waals surface area (Å²) in [7, 11) is 1.55. The SMILES string of the molecule is C=CCN(Oc1ccc(C)c(OC)c1)C(=O)O. The molecule has 0 bridgehead atoms. The van der Waals surface area contributed by atoms with Crippen LogP contribution in [0.1, 0.15) is 5.56 Å². The summed E-state index contributed by atoms with van der Waals surface area (Å²) in [5.74, 6) is 1.04. The number of nitrogens with zero attached hydrogens (tertiary/aromatic N) is 1. The van der Waals surface area contributed by atoms with E-state index in [1.165, 1.54) is 6.08 Å². The van der Waals surface area contributed by atoms with Gasteiger partial charge in [0.05, 0.1) is 13.7 Å². The third-order valence-electron chi connectivity index (χ3n) is 2.10. The van der Waals surface area contributed by atoms with Crippen molar-refractivity contribution in [2.75, 3.05) is 13.7 Å². The third-order valence-corrected chi connectivity index (χ3v) is 2.10. The van der Waals surface area contributed by atoms with Crippen LogP contribution in [0.4, 0.5) is 4.79 Å². The maximum Gasteiger partial charge on any atom is 0.441 e. The Morgan fingerprint density at radius 1 is 1.59 bits per heavy atom. The van der Waals surface area contributed by atoms with E-state index in [0.717, 1.165) is 10.6 Å². The predicted octanol–water partition coefficient (Wildman–Crippen LogP) is 2.46. The topological polar surface area (TPSA) is 59.0 Å². The Hall–Kier alpha value is -2.17. The largest absolute Gasteiger partial charge is 0.496 e. The molecule has 92 valence electrons. The Morgan fingerprint density at radius 2 is 2.29 bits per heavy atom. The zero-order valence-corrected chi connectivity index (χ0v) is 9.84. The number of aryl methyl sites for hydroxylation is 1. The van der Waals surface area contributed by atoms with Crippen LogP contribution in [0.25, 0.3) is 0 Å². The second kappa shape index (κ2) is 5.79. The van der Waals surface area contributed by atoms with E-state index in [1.54, 1.807) is 25.3 Å². The third kappa shape index (κ3) is 3.41. The van der Waals surface area contributed by atoms with Crippen LogP contribution in [-0.2, 0) is 0 Å². The summed E-state index contributed by atoms with van der Waals surface area (Å²) in [4.78, 5) is 16.0. The zero-order valence-electron chi connectivity index (χ0n) is 9.84. The van der Waals surface area contributed by atoms with Crippen molar-refractivity contribution in [1.82, 2.24) is 5.06 Å². The summed E-state index contributed by atoms with van der Waals surface area (Å²) in [5.41, 5.74) is 0.949. The molecule has 5 nitrogen and oxygen atoms in total. The summed E-state index contributed by atoms with van der Waals surface area (Å²) in [6, 6.07) is 5.10. The normalized spacial score (nSPS) is 9.53. The molecule has 1 amide bonds. The Kier molecular flexibility index (Phi) is 4.39. The summed E-state index contributed by atoms with van der Waals surface area (Å²) in [6.07, 6.45) is 0.268. The number of methoxy groups -OCH3 is 1. The van der Waals surface area contributed by atoms with Crippen LogP contribution in [-0.4, -0.2) is 29.9 Å². The first-order valence-electron chi connectivity index (χ1n) is 5.02. The summed E-state index contributed by atoms with van der Waals surface area (Å²) in [6.45, 7) is 5.44. The van der Waals surface area contributed by atoms with Crippen molar-refractivity contribution in [2.45, 2.75) is 6.92 Å². The molecular weight excluding hydrogens is 222 g/mol. The van der Waals surface area contributed by atoms with Crippen LogP contribution in [0.3, 0.4) is 0 Å². The van der Waals surface area contributed by atoms with E-state index in [-0.39, 0.29) is 6.54 Å². The van der Waals surface area contributed by atoms with Crippen molar-refractivity contribution < 1.29 is 19.5 Å². The molecule has 0 heterocycles. The molecule has 1 aromatic carbocycles. The Labute approximate surface area is 99.8 Å². The van der Waals surface area contributed by atoms with Gasteiger partial charge in [-0.1, -0.05) is 12.1 Å². The Balaban J connectivity index is 2.85. The lowest BCUT2D eigenvalue weighted by Gasteiger charge is -2.18. The fourth-order valence-electron chi connectivity index (χ4n) is 1.26. The molecule has 0 aliphatic rings. The fourth-order valence-corrected chi connectivity index (χ4v) is 1.26. The monoisotopic (exact) mass is 237 g/mol. The van der Waals surface area contributed by atoms with E-state index in [1.807, 2.05) is 6.92 Å². The number of carbonyl (C=O) groups is 1. The Morgan fingerprint density at radius 3 is 2.82 bits per heavy atom. The highest BCUT2D eigenvalue weighted by molar-refractivity contribution is 5.64.